The highest BCUT2D eigenvalue weighted by molar-refractivity contribution is 5.41. The summed E-state index contributed by atoms with van der Waals surface area (Å²) in [6.45, 7) is 4.61. The largest absolute Gasteiger partial charge is 0.0661 e. The zero-order valence-electron chi connectivity index (χ0n) is 7.48. The second-order valence-electron chi connectivity index (χ2n) is 3.87. The van der Waals surface area contributed by atoms with E-state index in [0.29, 0.717) is 0 Å². The van der Waals surface area contributed by atoms with E-state index < -0.39 is 0 Å². The van der Waals surface area contributed by atoms with Crippen molar-refractivity contribution in [1.82, 2.24) is 0 Å². The van der Waals surface area contributed by atoms with Crippen LogP contribution in [0, 0.1) is 5.92 Å². The molecule has 0 saturated heterocycles. The molecule has 0 spiro atoms. The van der Waals surface area contributed by atoms with Gasteiger partial charge in [-0.15, -0.1) is 0 Å². The second-order valence-corrected chi connectivity index (χ2v) is 3.87. The van der Waals surface area contributed by atoms with Crippen molar-refractivity contribution in [1.29, 1.82) is 0 Å². The fraction of sp³-hybridized carbons (Fsp3) is 0.636. The van der Waals surface area contributed by atoms with E-state index in [4.69, 9.17) is 0 Å². The Hall–Kier alpha value is -0.520. The molecule has 0 radical (unpaired) electrons. The van der Waals surface area contributed by atoms with Gasteiger partial charge in [-0.3, -0.25) is 0 Å². The van der Waals surface area contributed by atoms with Gasteiger partial charge in [0.15, 0.2) is 0 Å². The molecular formula is C11H16. The summed E-state index contributed by atoms with van der Waals surface area (Å²) in [5, 5.41) is 0. The van der Waals surface area contributed by atoms with Gasteiger partial charge in [-0.1, -0.05) is 24.1 Å². The fourth-order valence-electron chi connectivity index (χ4n) is 2.29. The molecule has 1 atom stereocenters. The molecule has 2 aliphatic carbocycles. The van der Waals surface area contributed by atoms with Crippen LogP contribution >= 0.6 is 0 Å². The zero-order valence-corrected chi connectivity index (χ0v) is 7.48. The molecule has 2 rings (SSSR count). The first-order valence-corrected chi connectivity index (χ1v) is 4.69. The van der Waals surface area contributed by atoms with Crippen molar-refractivity contribution in [3.8, 4) is 0 Å². The molecule has 0 aromatic heterocycles. The third-order valence-electron chi connectivity index (χ3n) is 3.16. The molecule has 0 heterocycles. The van der Waals surface area contributed by atoms with Gasteiger partial charge < -0.3 is 0 Å². The summed E-state index contributed by atoms with van der Waals surface area (Å²) in [6, 6.07) is 0. The maximum absolute atomic E-state index is 2.42. The molecule has 1 unspecified atom stereocenters. The van der Waals surface area contributed by atoms with Crippen LogP contribution in [0.3, 0.4) is 0 Å². The lowest BCUT2D eigenvalue weighted by atomic mass is 9.88. The van der Waals surface area contributed by atoms with E-state index >= 15 is 0 Å². The fourth-order valence-corrected chi connectivity index (χ4v) is 2.29. The van der Waals surface area contributed by atoms with Crippen LogP contribution in [-0.4, -0.2) is 0 Å². The summed E-state index contributed by atoms with van der Waals surface area (Å²) in [7, 11) is 0. The predicted molar refractivity (Wildman–Crippen MR) is 48.4 cm³/mol. The van der Waals surface area contributed by atoms with Crippen LogP contribution in [-0.2, 0) is 0 Å². The van der Waals surface area contributed by atoms with E-state index in [9.17, 15) is 0 Å². The van der Waals surface area contributed by atoms with E-state index in [1.54, 1.807) is 16.7 Å². The molecule has 0 heteroatoms. The monoisotopic (exact) mass is 148 g/mol. The maximum Gasteiger partial charge on any atom is -0.00152 e. The molecule has 0 nitrogen and oxygen atoms in total. The first-order valence-electron chi connectivity index (χ1n) is 4.69. The SMILES string of the molecule is CC1=CC2=C(CCCC2)C1C. The summed E-state index contributed by atoms with van der Waals surface area (Å²) in [5.74, 6) is 0.769. The van der Waals surface area contributed by atoms with Crippen molar-refractivity contribution in [2.45, 2.75) is 39.5 Å². The zero-order chi connectivity index (χ0) is 7.84. The molecule has 0 aliphatic heterocycles. The Kier molecular flexibility index (Phi) is 1.63. The van der Waals surface area contributed by atoms with Crippen molar-refractivity contribution < 1.29 is 0 Å². The summed E-state index contributed by atoms with van der Waals surface area (Å²) < 4.78 is 0. The first kappa shape index (κ1) is 7.15. The molecule has 0 saturated carbocycles. The molecule has 60 valence electrons. The average Bonchev–Trinajstić information content (AvgIpc) is 2.30. The van der Waals surface area contributed by atoms with Crippen molar-refractivity contribution in [3.63, 3.8) is 0 Å². The molecule has 0 aromatic rings. The van der Waals surface area contributed by atoms with Gasteiger partial charge in [0.05, 0.1) is 0 Å². The quantitative estimate of drug-likeness (QED) is 0.493. The van der Waals surface area contributed by atoms with Gasteiger partial charge in [0.25, 0.3) is 0 Å². The van der Waals surface area contributed by atoms with Gasteiger partial charge in [-0.2, -0.15) is 0 Å². The molecule has 0 aromatic carbocycles. The van der Waals surface area contributed by atoms with Gasteiger partial charge in [-0.05, 0) is 44.1 Å². The summed E-state index contributed by atoms with van der Waals surface area (Å²) in [4.78, 5) is 0. The smallest absolute Gasteiger partial charge is 0.00152 e. The number of rotatable bonds is 0. The topological polar surface area (TPSA) is 0 Å². The van der Waals surface area contributed by atoms with E-state index in [2.05, 4.69) is 19.9 Å². The van der Waals surface area contributed by atoms with Crippen molar-refractivity contribution in [2.24, 2.45) is 5.92 Å². The minimum absolute atomic E-state index is 0.769. The predicted octanol–water partition coefficient (Wildman–Crippen LogP) is 3.45. The summed E-state index contributed by atoms with van der Waals surface area (Å²) >= 11 is 0. The highest BCUT2D eigenvalue weighted by Gasteiger charge is 2.22. The highest BCUT2D eigenvalue weighted by atomic mass is 14.3. The average molecular weight is 148 g/mol. The second kappa shape index (κ2) is 2.51. The Morgan fingerprint density at radius 3 is 2.73 bits per heavy atom. The van der Waals surface area contributed by atoms with Crippen molar-refractivity contribution in [2.75, 3.05) is 0 Å². The van der Waals surface area contributed by atoms with Crippen molar-refractivity contribution >= 4 is 0 Å². The summed E-state index contributed by atoms with van der Waals surface area (Å²) in [6.07, 6.45) is 7.96. The normalized spacial score (nSPS) is 30.4. The van der Waals surface area contributed by atoms with Crippen LogP contribution < -0.4 is 0 Å². The van der Waals surface area contributed by atoms with E-state index in [-0.39, 0.29) is 0 Å². The Morgan fingerprint density at radius 1 is 1.27 bits per heavy atom. The molecule has 0 N–H and O–H groups in total. The third kappa shape index (κ3) is 1.05. The van der Waals surface area contributed by atoms with Crippen LogP contribution in [0.2, 0.25) is 0 Å². The van der Waals surface area contributed by atoms with Crippen LogP contribution in [0.4, 0.5) is 0 Å². The Bertz CT molecular complexity index is 230. The minimum atomic E-state index is 0.769. The number of hydrogen-bond acceptors (Lipinski definition) is 0. The van der Waals surface area contributed by atoms with E-state index in [0.717, 1.165) is 5.92 Å². The lowest BCUT2D eigenvalue weighted by Gasteiger charge is -2.17. The van der Waals surface area contributed by atoms with Crippen LogP contribution in [0.1, 0.15) is 39.5 Å². The van der Waals surface area contributed by atoms with Crippen LogP contribution in [0.25, 0.3) is 0 Å². The van der Waals surface area contributed by atoms with Gasteiger partial charge in [0.2, 0.25) is 0 Å². The first-order chi connectivity index (χ1) is 5.29. The molecule has 0 bridgehead atoms. The maximum atomic E-state index is 2.42. The summed E-state index contributed by atoms with van der Waals surface area (Å²) in [5.41, 5.74) is 4.99. The van der Waals surface area contributed by atoms with Crippen molar-refractivity contribution in [3.05, 3.63) is 22.8 Å². The van der Waals surface area contributed by atoms with E-state index in [1.165, 1.54) is 25.7 Å². The Balaban J connectivity index is 2.30. The van der Waals surface area contributed by atoms with Crippen LogP contribution in [0.15, 0.2) is 22.8 Å². The molecule has 11 heavy (non-hydrogen) atoms. The van der Waals surface area contributed by atoms with Gasteiger partial charge in [0.1, 0.15) is 0 Å². The Morgan fingerprint density at radius 2 is 2.00 bits per heavy atom. The standard InChI is InChI=1S/C11H16/c1-8-7-10-5-3-4-6-11(10)9(8)2/h7,9H,3-6H2,1-2H3. The minimum Gasteiger partial charge on any atom is -0.0661 e. The molecule has 0 amide bonds. The molecular weight excluding hydrogens is 132 g/mol. The van der Waals surface area contributed by atoms with Gasteiger partial charge >= 0.3 is 0 Å². The highest BCUT2D eigenvalue weighted by Crippen LogP contribution is 2.39. The van der Waals surface area contributed by atoms with Gasteiger partial charge in [0, 0.05) is 0 Å². The lowest BCUT2D eigenvalue weighted by molar-refractivity contribution is 0.636. The van der Waals surface area contributed by atoms with E-state index in [1.807, 2.05) is 0 Å². The molecule has 0 fully saturated rings. The van der Waals surface area contributed by atoms with Gasteiger partial charge in [-0.25, -0.2) is 0 Å². The third-order valence-corrected chi connectivity index (χ3v) is 3.16. The number of hydrogen-bond donors (Lipinski definition) is 0. The van der Waals surface area contributed by atoms with Crippen LogP contribution in [0.5, 0.6) is 0 Å². The molecule has 2 aliphatic rings. The lowest BCUT2D eigenvalue weighted by Crippen LogP contribution is -2.01. The Labute approximate surface area is 69.0 Å². The number of allylic oxidation sites excluding steroid dienone is 4.